The maximum atomic E-state index is 5.98. The number of halogens is 1. The lowest BCUT2D eigenvalue weighted by molar-refractivity contribution is 0.184. The maximum Gasteiger partial charge on any atom is 0.0507 e. The minimum Gasteiger partial charge on any atom is -0.381 e. The van der Waals surface area contributed by atoms with E-state index in [-0.39, 0.29) is 6.04 Å². The molecule has 3 nitrogen and oxygen atoms in total. The molecule has 94 valence electrons. The lowest BCUT2D eigenvalue weighted by Gasteiger charge is -2.19. The fourth-order valence-electron chi connectivity index (χ4n) is 2.11. The molecule has 1 fully saturated rings. The lowest BCUT2D eigenvalue weighted by atomic mass is 10.0. The molecule has 0 aliphatic carbocycles. The summed E-state index contributed by atoms with van der Waals surface area (Å²) < 4.78 is 5.36. The van der Waals surface area contributed by atoms with Gasteiger partial charge in [0.15, 0.2) is 0 Å². The molecule has 2 unspecified atom stereocenters. The number of nitrogens with two attached hydrogens (primary N) is 1. The van der Waals surface area contributed by atoms with E-state index >= 15 is 0 Å². The highest BCUT2D eigenvalue weighted by Crippen LogP contribution is 2.18. The summed E-state index contributed by atoms with van der Waals surface area (Å²) in [6.07, 6.45) is 1.14. The van der Waals surface area contributed by atoms with E-state index in [9.17, 15) is 0 Å². The molecule has 1 aromatic rings. The topological polar surface area (TPSA) is 47.3 Å². The SMILES string of the molecule is NCC(NCC1CCOC1)c1cccc(Cl)c1. The van der Waals surface area contributed by atoms with E-state index < -0.39 is 0 Å². The average Bonchev–Trinajstić information content (AvgIpc) is 2.83. The number of hydrogen-bond acceptors (Lipinski definition) is 3. The second kappa shape index (κ2) is 6.36. The van der Waals surface area contributed by atoms with Crippen LogP contribution in [0.25, 0.3) is 0 Å². The maximum absolute atomic E-state index is 5.98. The van der Waals surface area contributed by atoms with E-state index in [0.29, 0.717) is 12.5 Å². The van der Waals surface area contributed by atoms with E-state index in [1.807, 2.05) is 18.2 Å². The van der Waals surface area contributed by atoms with Crippen molar-refractivity contribution in [2.45, 2.75) is 12.5 Å². The minimum absolute atomic E-state index is 0.175. The van der Waals surface area contributed by atoms with Crippen LogP contribution in [0.2, 0.25) is 5.02 Å². The van der Waals surface area contributed by atoms with Gasteiger partial charge in [-0.15, -0.1) is 0 Å². The molecule has 1 heterocycles. The summed E-state index contributed by atoms with van der Waals surface area (Å²) >= 11 is 5.98. The molecule has 0 bridgehead atoms. The molecule has 0 radical (unpaired) electrons. The minimum atomic E-state index is 0.175. The van der Waals surface area contributed by atoms with Gasteiger partial charge < -0.3 is 15.8 Å². The van der Waals surface area contributed by atoms with Crippen molar-refractivity contribution in [2.24, 2.45) is 11.7 Å². The summed E-state index contributed by atoms with van der Waals surface area (Å²) in [4.78, 5) is 0. The molecule has 1 aromatic carbocycles. The van der Waals surface area contributed by atoms with E-state index in [2.05, 4.69) is 11.4 Å². The van der Waals surface area contributed by atoms with Crippen LogP contribution in [0.5, 0.6) is 0 Å². The van der Waals surface area contributed by atoms with Crippen LogP contribution in [0, 0.1) is 5.92 Å². The van der Waals surface area contributed by atoms with E-state index in [0.717, 1.165) is 36.8 Å². The molecular weight excluding hydrogens is 236 g/mol. The van der Waals surface area contributed by atoms with Crippen molar-refractivity contribution in [3.63, 3.8) is 0 Å². The smallest absolute Gasteiger partial charge is 0.0507 e. The summed E-state index contributed by atoms with van der Waals surface area (Å²) in [7, 11) is 0. The van der Waals surface area contributed by atoms with Gasteiger partial charge in [-0.05, 0) is 30.0 Å². The standard InChI is InChI=1S/C13H19ClN2O/c14-12-3-1-2-11(6-12)13(7-15)16-8-10-4-5-17-9-10/h1-3,6,10,13,16H,4-5,7-9,15H2. The molecule has 0 aromatic heterocycles. The lowest BCUT2D eigenvalue weighted by Crippen LogP contribution is -2.32. The first-order chi connectivity index (χ1) is 8.29. The van der Waals surface area contributed by atoms with Crippen LogP contribution in [-0.2, 0) is 4.74 Å². The number of benzene rings is 1. The Morgan fingerprint density at radius 3 is 3.06 bits per heavy atom. The molecule has 0 amide bonds. The zero-order chi connectivity index (χ0) is 12.1. The van der Waals surface area contributed by atoms with Crippen LogP contribution in [0.4, 0.5) is 0 Å². The second-order valence-corrected chi connectivity index (χ2v) is 4.92. The van der Waals surface area contributed by atoms with Gasteiger partial charge in [0.25, 0.3) is 0 Å². The highest BCUT2D eigenvalue weighted by Gasteiger charge is 2.17. The zero-order valence-electron chi connectivity index (χ0n) is 9.86. The highest BCUT2D eigenvalue weighted by molar-refractivity contribution is 6.30. The molecule has 0 saturated carbocycles. The molecule has 4 heteroatoms. The molecule has 17 heavy (non-hydrogen) atoms. The first-order valence-corrected chi connectivity index (χ1v) is 6.44. The van der Waals surface area contributed by atoms with Crippen LogP contribution in [0.3, 0.4) is 0 Å². The summed E-state index contributed by atoms with van der Waals surface area (Å²) in [6, 6.07) is 8.04. The Morgan fingerprint density at radius 1 is 1.53 bits per heavy atom. The van der Waals surface area contributed by atoms with Crippen LogP contribution < -0.4 is 11.1 Å². The van der Waals surface area contributed by atoms with Crippen LogP contribution >= 0.6 is 11.6 Å². The fraction of sp³-hybridized carbons (Fsp3) is 0.538. The van der Waals surface area contributed by atoms with Crippen molar-refractivity contribution in [1.29, 1.82) is 0 Å². The van der Waals surface area contributed by atoms with E-state index in [1.54, 1.807) is 0 Å². The fourth-order valence-corrected chi connectivity index (χ4v) is 2.31. The second-order valence-electron chi connectivity index (χ2n) is 4.48. The molecule has 1 aliphatic rings. The van der Waals surface area contributed by atoms with Crippen molar-refractivity contribution < 1.29 is 4.74 Å². The van der Waals surface area contributed by atoms with Crippen LogP contribution in [-0.4, -0.2) is 26.3 Å². The Morgan fingerprint density at radius 2 is 2.41 bits per heavy atom. The van der Waals surface area contributed by atoms with Crippen molar-refractivity contribution in [3.8, 4) is 0 Å². The van der Waals surface area contributed by atoms with Gasteiger partial charge in [0.05, 0.1) is 6.61 Å². The van der Waals surface area contributed by atoms with Crippen molar-refractivity contribution in [3.05, 3.63) is 34.9 Å². The van der Waals surface area contributed by atoms with Gasteiger partial charge in [-0.3, -0.25) is 0 Å². The number of ether oxygens (including phenoxy) is 1. The number of nitrogens with one attached hydrogen (secondary N) is 1. The third-order valence-electron chi connectivity index (χ3n) is 3.16. The molecule has 0 spiro atoms. The first-order valence-electron chi connectivity index (χ1n) is 6.06. The molecule has 3 N–H and O–H groups in total. The van der Waals surface area contributed by atoms with Gasteiger partial charge in [0.2, 0.25) is 0 Å². The normalized spacial score (nSPS) is 21.6. The Bertz CT molecular complexity index is 353. The average molecular weight is 255 g/mol. The summed E-state index contributed by atoms with van der Waals surface area (Å²) in [5, 5.41) is 4.25. The van der Waals surface area contributed by atoms with Crippen molar-refractivity contribution >= 4 is 11.6 Å². The van der Waals surface area contributed by atoms with Gasteiger partial charge in [-0.1, -0.05) is 23.7 Å². The number of hydrogen-bond donors (Lipinski definition) is 2. The zero-order valence-corrected chi connectivity index (χ0v) is 10.6. The predicted octanol–water partition coefficient (Wildman–Crippen LogP) is 1.97. The largest absolute Gasteiger partial charge is 0.381 e. The van der Waals surface area contributed by atoms with E-state index in [4.69, 9.17) is 22.1 Å². The Labute approximate surface area is 107 Å². The number of rotatable bonds is 5. The predicted molar refractivity (Wildman–Crippen MR) is 70.2 cm³/mol. The van der Waals surface area contributed by atoms with E-state index in [1.165, 1.54) is 0 Å². The third kappa shape index (κ3) is 3.68. The first kappa shape index (κ1) is 12.8. The Kier molecular flexibility index (Phi) is 4.80. The van der Waals surface area contributed by atoms with Gasteiger partial charge >= 0.3 is 0 Å². The Hall–Kier alpha value is -0.610. The summed E-state index contributed by atoms with van der Waals surface area (Å²) in [5.41, 5.74) is 6.95. The van der Waals surface area contributed by atoms with Crippen molar-refractivity contribution in [2.75, 3.05) is 26.3 Å². The monoisotopic (exact) mass is 254 g/mol. The molecule has 1 saturated heterocycles. The summed E-state index contributed by atoms with van der Waals surface area (Å²) in [5.74, 6) is 0.614. The van der Waals surface area contributed by atoms with Gasteiger partial charge in [-0.25, -0.2) is 0 Å². The summed E-state index contributed by atoms with van der Waals surface area (Å²) in [6.45, 7) is 3.28. The van der Waals surface area contributed by atoms with Crippen LogP contribution in [0.1, 0.15) is 18.0 Å². The van der Waals surface area contributed by atoms with Gasteiger partial charge in [-0.2, -0.15) is 0 Å². The van der Waals surface area contributed by atoms with Crippen molar-refractivity contribution in [1.82, 2.24) is 5.32 Å². The quantitative estimate of drug-likeness (QED) is 0.845. The molecule has 2 rings (SSSR count). The molecule has 2 atom stereocenters. The molecule has 1 aliphatic heterocycles. The molecular formula is C13H19ClN2O. The van der Waals surface area contributed by atoms with Crippen LogP contribution in [0.15, 0.2) is 24.3 Å². The highest BCUT2D eigenvalue weighted by atomic mass is 35.5. The van der Waals surface area contributed by atoms with Gasteiger partial charge in [0.1, 0.15) is 0 Å². The Balaban J connectivity index is 1.91. The third-order valence-corrected chi connectivity index (χ3v) is 3.40. The van der Waals surface area contributed by atoms with Gasteiger partial charge in [0, 0.05) is 30.8 Å².